The standard InChI is InChI=1S/C51H58F2N8O8S2/c1-51(2,64)30-57(3)70(65,66)35-10-13-43(59-18-15-33(62)28-59)39(25-35)49-47(53)38-23-31(9-12-42(38)56-49)32-24-45(50-54-17-20-58(50)21-22-69-4)61(27-32)71(67,68)36-11-14-44(60-19-16-34(63)29-60)40(26-36)48-46(52)37-7-5-6-8-41(37)55-48/h5-14,17,20,23,25-26,32-34,45,55-56,62-64H,15-16,18-19,21-22,24,27-30H2,1-4H3/t32?,33-,34-,45-/m0/s1. The summed E-state index contributed by atoms with van der Waals surface area (Å²) in [5, 5.41) is 32.0. The number of aromatic nitrogens is 4. The summed E-state index contributed by atoms with van der Waals surface area (Å²) < 4.78 is 102. The van der Waals surface area contributed by atoms with Crippen LogP contribution in [0.3, 0.4) is 0 Å². The first-order chi connectivity index (χ1) is 33.8. The van der Waals surface area contributed by atoms with Crippen molar-refractivity contribution in [1.82, 2.24) is 28.1 Å². The van der Waals surface area contributed by atoms with Crippen LogP contribution in [0.4, 0.5) is 20.2 Å². The molecule has 0 spiro atoms. The molecule has 20 heteroatoms. The van der Waals surface area contributed by atoms with E-state index >= 15 is 17.2 Å². The van der Waals surface area contributed by atoms with Gasteiger partial charge in [0.25, 0.3) is 0 Å². The molecule has 0 aliphatic carbocycles. The molecule has 0 radical (unpaired) electrons. The summed E-state index contributed by atoms with van der Waals surface area (Å²) in [5.41, 5.74) is 2.20. The van der Waals surface area contributed by atoms with Gasteiger partial charge in [-0.2, -0.15) is 8.61 Å². The third-order valence-electron chi connectivity index (χ3n) is 14.1. The highest BCUT2D eigenvalue weighted by molar-refractivity contribution is 7.89. The maximum absolute atomic E-state index is 17.3. The number of ether oxygens (including phenoxy) is 1. The van der Waals surface area contributed by atoms with Crippen molar-refractivity contribution in [3.05, 3.63) is 114 Å². The van der Waals surface area contributed by atoms with Crippen molar-refractivity contribution < 1.29 is 45.7 Å². The van der Waals surface area contributed by atoms with Crippen LogP contribution in [0.1, 0.15) is 56.5 Å². The lowest BCUT2D eigenvalue weighted by Crippen LogP contribution is -2.39. The van der Waals surface area contributed by atoms with E-state index in [2.05, 4.69) is 15.0 Å². The van der Waals surface area contributed by atoms with E-state index in [9.17, 15) is 23.7 Å². The van der Waals surface area contributed by atoms with Crippen LogP contribution in [0, 0.1) is 11.6 Å². The van der Waals surface area contributed by atoms with Crippen molar-refractivity contribution in [1.29, 1.82) is 0 Å². The number of H-pyrrole nitrogens is 2. The molecular formula is C51H58F2N8O8S2. The highest BCUT2D eigenvalue weighted by Crippen LogP contribution is 2.47. The molecule has 7 aromatic rings. The van der Waals surface area contributed by atoms with Crippen LogP contribution in [-0.4, -0.2) is 138 Å². The lowest BCUT2D eigenvalue weighted by molar-refractivity contribution is 0.0640. The van der Waals surface area contributed by atoms with Crippen molar-refractivity contribution in [2.45, 2.75) is 79.2 Å². The number of hydrogen-bond donors (Lipinski definition) is 5. The number of rotatable bonds is 15. The molecule has 6 heterocycles. The number of imidazole rings is 1. The lowest BCUT2D eigenvalue weighted by atomic mass is 9.95. The van der Waals surface area contributed by atoms with E-state index in [1.54, 1.807) is 68.0 Å². The SMILES string of the molecule is COCCn1ccnc1[C@@H]1CC(c2ccc3[nH]c(-c4cc(S(=O)(=O)N(C)CC(C)(C)O)ccc4N4CC[C@H](O)C4)c(F)c3c2)CN1S(=O)(=O)c1ccc(N2CC[C@H](O)C2)c(-c2[nH]c3ccccc3c2F)c1. The lowest BCUT2D eigenvalue weighted by Gasteiger charge is -2.26. The zero-order valence-electron chi connectivity index (χ0n) is 39.9. The van der Waals surface area contributed by atoms with E-state index in [4.69, 9.17) is 4.74 Å². The van der Waals surface area contributed by atoms with Crippen LogP contribution < -0.4 is 9.80 Å². The summed E-state index contributed by atoms with van der Waals surface area (Å²) in [5.74, 6) is -1.12. The third-order valence-corrected chi connectivity index (χ3v) is 17.8. The number of sulfonamides is 2. The highest BCUT2D eigenvalue weighted by atomic mass is 32.2. The Hall–Kier alpha value is -5.71. The van der Waals surface area contributed by atoms with Gasteiger partial charge in [-0.25, -0.2) is 30.6 Å². The third kappa shape index (κ3) is 9.13. The molecule has 4 atom stereocenters. The molecule has 0 bridgehead atoms. The number of nitrogens with one attached hydrogen (secondary N) is 2. The Labute approximate surface area is 411 Å². The predicted octanol–water partition coefficient (Wildman–Crippen LogP) is 6.56. The molecule has 4 aromatic carbocycles. The number of likely N-dealkylation sites (N-methyl/N-ethyl adjacent to an activating group) is 1. The van der Waals surface area contributed by atoms with E-state index in [-0.39, 0.29) is 58.2 Å². The molecule has 1 unspecified atom stereocenters. The van der Waals surface area contributed by atoms with Gasteiger partial charge in [0.1, 0.15) is 5.82 Å². The maximum atomic E-state index is 17.3. The van der Waals surface area contributed by atoms with Crippen LogP contribution in [-0.2, 0) is 31.3 Å². The zero-order valence-corrected chi connectivity index (χ0v) is 41.5. The smallest absolute Gasteiger partial charge is 0.243 e. The van der Waals surface area contributed by atoms with E-state index in [0.29, 0.717) is 90.4 Å². The van der Waals surface area contributed by atoms with Gasteiger partial charge in [-0.3, -0.25) is 0 Å². The number of methoxy groups -OCH3 is 1. The highest BCUT2D eigenvalue weighted by Gasteiger charge is 2.44. The topological polar surface area (TPSA) is 201 Å². The van der Waals surface area contributed by atoms with E-state index in [0.717, 1.165) is 4.31 Å². The first kappa shape index (κ1) is 48.9. The average molecular weight is 1010 g/mol. The normalized spacial score (nSPS) is 20.5. The Morgan fingerprint density at radius 2 is 1.41 bits per heavy atom. The van der Waals surface area contributed by atoms with Crippen molar-refractivity contribution >= 4 is 53.2 Å². The van der Waals surface area contributed by atoms with Crippen molar-refractivity contribution in [3.8, 4) is 22.5 Å². The van der Waals surface area contributed by atoms with Crippen LogP contribution in [0.25, 0.3) is 44.3 Å². The first-order valence-corrected chi connectivity index (χ1v) is 26.6. The van der Waals surface area contributed by atoms with Gasteiger partial charge in [0.05, 0.1) is 51.6 Å². The second-order valence-electron chi connectivity index (χ2n) is 19.7. The first-order valence-electron chi connectivity index (χ1n) is 23.7. The van der Waals surface area contributed by atoms with Crippen molar-refractivity contribution in [3.63, 3.8) is 0 Å². The van der Waals surface area contributed by atoms with Crippen molar-refractivity contribution in [2.75, 3.05) is 69.8 Å². The fraction of sp³-hybridized carbons (Fsp3) is 0.392. The van der Waals surface area contributed by atoms with Gasteiger partial charge in [-0.05, 0) is 105 Å². The molecule has 376 valence electrons. The molecule has 10 rings (SSSR count). The van der Waals surface area contributed by atoms with E-state index in [1.807, 2.05) is 20.4 Å². The fourth-order valence-corrected chi connectivity index (χ4v) is 13.6. The minimum Gasteiger partial charge on any atom is -0.391 e. The van der Waals surface area contributed by atoms with Gasteiger partial charge in [-0.1, -0.05) is 18.2 Å². The largest absolute Gasteiger partial charge is 0.391 e. The Kier molecular flexibility index (Phi) is 12.9. The number of nitrogens with zero attached hydrogens (tertiary/aromatic N) is 6. The molecule has 0 saturated carbocycles. The summed E-state index contributed by atoms with van der Waals surface area (Å²) >= 11 is 0. The molecule has 3 saturated heterocycles. The molecular weight excluding hydrogens is 955 g/mol. The Morgan fingerprint density at radius 1 is 0.803 bits per heavy atom. The summed E-state index contributed by atoms with van der Waals surface area (Å²) in [6.45, 7) is 5.09. The van der Waals surface area contributed by atoms with Gasteiger partial charge in [-0.15, -0.1) is 0 Å². The second kappa shape index (κ2) is 18.7. The molecule has 3 aliphatic rings. The van der Waals surface area contributed by atoms with Crippen LogP contribution in [0.5, 0.6) is 0 Å². The maximum Gasteiger partial charge on any atom is 0.243 e. The van der Waals surface area contributed by atoms with E-state index < -0.39 is 61.4 Å². The second-order valence-corrected chi connectivity index (χ2v) is 23.6. The summed E-state index contributed by atoms with van der Waals surface area (Å²) in [6.07, 6.45) is 3.44. The Bertz CT molecular complexity index is 3370. The molecule has 3 aliphatic heterocycles. The van der Waals surface area contributed by atoms with Gasteiger partial charge in [0.2, 0.25) is 20.0 Å². The van der Waals surface area contributed by atoms with Gasteiger partial charge in [0, 0.05) is 117 Å². The van der Waals surface area contributed by atoms with Gasteiger partial charge in [0.15, 0.2) is 11.6 Å². The molecule has 16 nitrogen and oxygen atoms in total. The molecule has 5 N–H and O–H groups in total. The number of benzene rings is 4. The number of β-amino-alcohol motifs (C(OH)–C–C–N with tert-alkyl or cyclic N) is 2. The molecule has 71 heavy (non-hydrogen) atoms. The predicted molar refractivity (Wildman–Crippen MR) is 267 cm³/mol. The van der Waals surface area contributed by atoms with Gasteiger partial charge < -0.3 is 44.4 Å². The Morgan fingerprint density at radius 3 is 2.01 bits per heavy atom. The van der Waals surface area contributed by atoms with Crippen molar-refractivity contribution in [2.24, 2.45) is 0 Å². The molecule has 3 fully saturated rings. The summed E-state index contributed by atoms with van der Waals surface area (Å²) in [4.78, 5) is 14.7. The number of aliphatic hydroxyl groups excluding tert-OH is 2. The molecule has 0 amide bonds. The van der Waals surface area contributed by atoms with Crippen LogP contribution >= 0.6 is 0 Å². The van der Waals surface area contributed by atoms with Crippen LogP contribution in [0.2, 0.25) is 0 Å². The summed E-state index contributed by atoms with van der Waals surface area (Å²) in [6, 6.07) is 20.6. The summed E-state index contributed by atoms with van der Waals surface area (Å²) in [7, 11) is -5.57. The molecule has 3 aromatic heterocycles. The fourth-order valence-electron chi connectivity index (χ4n) is 10.6. The quantitative estimate of drug-likeness (QED) is 0.0746. The number of aliphatic hydroxyl groups is 3. The van der Waals surface area contributed by atoms with Crippen LogP contribution in [0.15, 0.2) is 101 Å². The number of fused-ring (bicyclic) bond motifs is 2. The monoisotopic (exact) mass is 1010 g/mol. The number of aromatic amines is 2. The minimum absolute atomic E-state index is 0.00972. The number of hydrogen-bond acceptors (Lipinski definition) is 11. The number of para-hydroxylation sites is 1. The van der Waals surface area contributed by atoms with E-state index in [1.165, 1.54) is 49.5 Å². The number of halogens is 2. The van der Waals surface area contributed by atoms with Gasteiger partial charge >= 0.3 is 0 Å². The zero-order chi connectivity index (χ0) is 50.1. The average Bonchev–Trinajstić information content (AvgIpc) is 4.22. The number of anilines is 2. The minimum atomic E-state index is -4.37. The Balaban J connectivity index is 1.05.